The quantitative estimate of drug-likeness (QED) is 0.820. The number of hydrogen-bond donors (Lipinski definition) is 0. The number of hydrogen-bond acceptors (Lipinski definition) is 3. The molecule has 26 heavy (non-hydrogen) atoms. The van der Waals surface area contributed by atoms with Crippen molar-refractivity contribution in [2.75, 3.05) is 19.6 Å². The summed E-state index contributed by atoms with van der Waals surface area (Å²) in [5.41, 5.74) is 0.380. The normalized spacial score (nSPS) is 20.4. The van der Waals surface area contributed by atoms with Crippen LogP contribution in [0.15, 0.2) is 18.2 Å². The van der Waals surface area contributed by atoms with E-state index >= 15 is 0 Å². The molecule has 0 bridgehead atoms. The summed E-state index contributed by atoms with van der Waals surface area (Å²) in [5.74, 6) is -0.778. The Balaban J connectivity index is 1.64. The Morgan fingerprint density at radius 3 is 2.65 bits per heavy atom. The second-order valence-electron chi connectivity index (χ2n) is 7.59. The molecule has 0 unspecified atom stereocenters. The van der Waals surface area contributed by atoms with Gasteiger partial charge in [-0.25, -0.2) is 9.18 Å². The van der Waals surface area contributed by atoms with Crippen molar-refractivity contribution in [1.82, 2.24) is 9.80 Å². The van der Waals surface area contributed by atoms with Crippen LogP contribution < -0.4 is 0 Å². The summed E-state index contributed by atoms with van der Waals surface area (Å²) in [4.78, 5) is 28.3. The first-order chi connectivity index (χ1) is 12.3. The van der Waals surface area contributed by atoms with Crippen molar-refractivity contribution in [2.45, 2.75) is 58.1 Å². The number of ether oxygens (including phenoxy) is 1. The van der Waals surface area contributed by atoms with Crippen LogP contribution in [0.1, 0.15) is 55.5 Å². The van der Waals surface area contributed by atoms with Gasteiger partial charge in [0.05, 0.1) is 12.1 Å². The topological polar surface area (TPSA) is 49.9 Å². The van der Waals surface area contributed by atoms with Gasteiger partial charge in [-0.3, -0.25) is 4.79 Å². The molecule has 1 spiro atoms. The molecule has 0 aromatic heterocycles. The van der Waals surface area contributed by atoms with Crippen LogP contribution in [0.4, 0.5) is 9.18 Å². The first-order valence-electron chi connectivity index (χ1n) is 9.40. The molecule has 1 aromatic carbocycles. The molecule has 1 aromatic rings. The Labute approximate surface area is 154 Å². The molecule has 2 fully saturated rings. The van der Waals surface area contributed by atoms with E-state index in [1.165, 1.54) is 6.07 Å². The number of aryl methyl sites for hydroxylation is 1. The molecule has 0 aliphatic carbocycles. The Kier molecular flexibility index (Phi) is 5.21. The SMILES string of the molecule is CCC[C@@H](C)N1CC2(CCN(C(=O)c3ccc(C)cc3F)CC2)OC1=O. The summed E-state index contributed by atoms with van der Waals surface area (Å²) < 4.78 is 19.8. The van der Waals surface area contributed by atoms with E-state index in [0.29, 0.717) is 32.5 Å². The monoisotopic (exact) mass is 362 g/mol. The molecular formula is C20H27FN2O3. The van der Waals surface area contributed by atoms with Crippen LogP contribution >= 0.6 is 0 Å². The molecule has 1 atom stereocenters. The number of amides is 2. The average molecular weight is 362 g/mol. The molecular weight excluding hydrogens is 335 g/mol. The molecule has 2 heterocycles. The maximum Gasteiger partial charge on any atom is 0.410 e. The average Bonchev–Trinajstić information content (AvgIpc) is 2.91. The van der Waals surface area contributed by atoms with Gasteiger partial charge in [-0.05, 0) is 38.0 Å². The Morgan fingerprint density at radius 2 is 2.04 bits per heavy atom. The minimum absolute atomic E-state index is 0.105. The van der Waals surface area contributed by atoms with E-state index in [9.17, 15) is 14.0 Å². The van der Waals surface area contributed by atoms with E-state index in [4.69, 9.17) is 4.74 Å². The second-order valence-corrected chi connectivity index (χ2v) is 7.59. The van der Waals surface area contributed by atoms with E-state index in [2.05, 4.69) is 6.92 Å². The van der Waals surface area contributed by atoms with Crippen LogP contribution in [0.5, 0.6) is 0 Å². The Morgan fingerprint density at radius 1 is 1.35 bits per heavy atom. The molecule has 0 N–H and O–H groups in total. The predicted molar refractivity (Wildman–Crippen MR) is 96.6 cm³/mol. The van der Waals surface area contributed by atoms with Gasteiger partial charge in [-0.2, -0.15) is 0 Å². The van der Waals surface area contributed by atoms with E-state index in [1.54, 1.807) is 28.9 Å². The first kappa shape index (κ1) is 18.7. The lowest BCUT2D eigenvalue weighted by Gasteiger charge is -2.37. The fourth-order valence-corrected chi connectivity index (χ4v) is 3.90. The van der Waals surface area contributed by atoms with Crippen LogP contribution in [-0.2, 0) is 4.74 Å². The van der Waals surface area contributed by atoms with Gasteiger partial charge < -0.3 is 14.5 Å². The van der Waals surface area contributed by atoms with Crippen molar-refractivity contribution in [3.8, 4) is 0 Å². The Hall–Kier alpha value is -2.11. The van der Waals surface area contributed by atoms with Gasteiger partial charge in [0.15, 0.2) is 0 Å². The highest BCUT2D eigenvalue weighted by molar-refractivity contribution is 5.94. The number of carbonyl (C=O) groups excluding carboxylic acids is 2. The van der Waals surface area contributed by atoms with Gasteiger partial charge in [-0.1, -0.05) is 19.4 Å². The highest BCUT2D eigenvalue weighted by Gasteiger charge is 2.48. The molecule has 3 rings (SSSR count). The van der Waals surface area contributed by atoms with Gasteiger partial charge in [0.1, 0.15) is 11.4 Å². The highest BCUT2D eigenvalue weighted by atomic mass is 19.1. The Bertz CT molecular complexity index is 698. The number of nitrogens with zero attached hydrogens (tertiary/aromatic N) is 2. The number of carbonyl (C=O) groups is 2. The summed E-state index contributed by atoms with van der Waals surface area (Å²) in [7, 11) is 0. The van der Waals surface area contributed by atoms with Crippen LogP contribution in [-0.4, -0.2) is 53.1 Å². The van der Waals surface area contributed by atoms with Gasteiger partial charge in [0.2, 0.25) is 0 Å². The van der Waals surface area contributed by atoms with Gasteiger partial charge in [0, 0.05) is 32.0 Å². The van der Waals surface area contributed by atoms with Gasteiger partial charge in [-0.15, -0.1) is 0 Å². The van der Waals surface area contributed by atoms with Crippen LogP contribution in [0.25, 0.3) is 0 Å². The standard InChI is InChI=1S/C20H27FN2O3/c1-4-5-15(3)23-13-20(26-19(23)25)8-10-22(11-9-20)18(24)16-7-6-14(2)12-17(16)21/h6-7,12,15H,4-5,8-11,13H2,1-3H3/t15-/m1/s1. The van der Waals surface area contributed by atoms with E-state index in [1.807, 2.05) is 6.92 Å². The lowest BCUT2D eigenvalue weighted by molar-refractivity contribution is 0.00296. The molecule has 2 aliphatic heterocycles. The summed E-state index contributed by atoms with van der Waals surface area (Å²) in [6.45, 7) is 7.45. The summed E-state index contributed by atoms with van der Waals surface area (Å²) >= 11 is 0. The third kappa shape index (κ3) is 3.55. The van der Waals surface area contributed by atoms with Crippen molar-refractivity contribution in [2.24, 2.45) is 0 Å². The van der Waals surface area contributed by atoms with Crippen molar-refractivity contribution in [3.63, 3.8) is 0 Å². The molecule has 0 saturated carbocycles. The lowest BCUT2D eigenvalue weighted by Crippen LogP contribution is -2.49. The zero-order chi connectivity index (χ0) is 18.9. The van der Waals surface area contributed by atoms with E-state index in [-0.39, 0.29) is 23.6 Å². The lowest BCUT2D eigenvalue weighted by atomic mass is 9.90. The minimum Gasteiger partial charge on any atom is -0.441 e. The first-order valence-corrected chi connectivity index (χ1v) is 9.40. The molecule has 2 aliphatic rings. The van der Waals surface area contributed by atoms with Gasteiger partial charge >= 0.3 is 6.09 Å². The number of benzene rings is 1. The maximum atomic E-state index is 14.1. The van der Waals surface area contributed by atoms with Crippen molar-refractivity contribution < 1.29 is 18.7 Å². The van der Waals surface area contributed by atoms with Crippen LogP contribution in [0.2, 0.25) is 0 Å². The fourth-order valence-electron chi connectivity index (χ4n) is 3.90. The predicted octanol–water partition coefficient (Wildman–Crippen LogP) is 3.75. The molecule has 2 saturated heterocycles. The largest absolute Gasteiger partial charge is 0.441 e. The zero-order valence-electron chi connectivity index (χ0n) is 15.8. The summed E-state index contributed by atoms with van der Waals surface area (Å²) in [6.07, 6.45) is 2.89. The molecule has 142 valence electrons. The summed E-state index contributed by atoms with van der Waals surface area (Å²) in [5, 5.41) is 0. The third-order valence-corrected chi connectivity index (χ3v) is 5.55. The van der Waals surface area contributed by atoms with Gasteiger partial charge in [0.25, 0.3) is 5.91 Å². The molecule has 6 heteroatoms. The molecule has 0 radical (unpaired) electrons. The van der Waals surface area contributed by atoms with E-state index < -0.39 is 11.4 Å². The van der Waals surface area contributed by atoms with E-state index in [0.717, 1.165) is 18.4 Å². The van der Waals surface area contributed by atoms with Crippen LogP contribution in [0.3, 0.4) is 0 Å². The molecule has 2 amide bonds. The number of rotatable bonds is 4. The second kappa shape index (κ2) is 7.25. The van der Waals surface area contributed by atoms with Crippen molar-refractivity contribution in [3.05, 3.63) is 35.1 Å². The third-order valence-electron chi connectivity index (χ3n) is 5.55. The number of halogens is 1. The summed E-state index contributed by atoms with van der Waals surface area (Å²) in [6, 6.07) is 4.83. The van der Waals surface area contributed by atoms with Crippen molar-refractivity contribution >= 4 is 12.0 Å². The maximum absolute atomic E-state index is 14.1. The van der Waals surface area contributed by atoms with Crippen molar-refractivity contribution in [1.29, 1.82) is 0 Å². The number of likely N-dealkylation sites (tertiary alicyclic amines) is 1. The smallest absolute Gasteiger partial charge is 0.410 e. The minimum atomic E-state index is -0.512. The fraction of sp³-hybridized carbons (Fsp3) is 0.600. The number of piperidine rings is 1. The zero-order valence-corrected chi connectivity index (χ0v) is 15.8. The molecule has 5 nitrogen and oxygen atoms in total. The highest BCUT2D eigenvalue weighted by Crippen LogP contribution is 2.35. The van der Waals surface area contributed by atoms with Crippen LogP contribution in [0, 0.1) is 12.7 Å².